The normalized spacial score (nSPS) is 19.5. The summed E-state index contributed by atoms with van der Waals surface area (Å²) < 4.78 is 5.81. The molecule has 7 heteroatoms. The summed E-state index contributed by atoms with van der Waals surface area (Å²) in [7, 11) is 5.37. The molecule has 192 valence electrons. The molecule has 1 heterocycles. The van der Waals surface area contributed by atoms with Gasteiger partial charge in [-0.2, -0.15) is 0 Å². The van der Waals surface area contributed by atoms with Crippen LogP contribution in [0.5, 0.6) is 5.75 Å². The fraction of sp³-hybridized carbons (Fsp3) is 0.483. The molecule has 0 saturated heterocycles. The van der Waals surface area contributed by atoms with Crippen LogP contribution in [0.4, 0.5) is 5.82 Å². The fourth-order valence-corrected chi connectivity index (χ4v) is 5.29. The Morgan fingerprint density at radius 1 is 1.08 bits per heavy atom. The van der Waals surface area contributed by atoms with E-state index in [0.717, 1.165) is 64.8 Å². The third kappa shape index (κ3) is 5.46. The first-order valence-corrected chi connectivity index (χ1v) is 12.8. The highest BCUT2D eigenvalue weighted by molar-refractivity contribution is 5.91. The largest absolute Gasteiger partial charge is 0.496 e. The number of amides is 1. The van der Waals surface area contributed by atoms with Crippen molar-refractivity contribution in [1.82, 2.24) is 14.9 Å². The summed E-state index contributed by atoms with van der Waals surface area (Å²) in [6.45, 7) is 5.77. The maximum Gasteiger partial charge on any atom is 0.225 e. The third-order valence-corrected chi connectivity index (χ3v) is 7.36. The van der Waals surface area contributed by atoms with Crippen molar-refractivity contribution < 1.29 is 14.6 Å². The Kier molecular flexibility index (Phi) is 7.79. The van der Waals surface area contributed by atoms with Crippen molar-refractivity contribution in [3.63, 3.8) is 0 Å². The molecule has 0 spiro atoms. The first-order valence-electron chi connectivity index (χ1n) is 12.8. The zero-order chi connectivity index (χ0) is 26.0. The van der Waals surface area contributed by atoms with Gasteiger partial charge >= 0.3 is 0 Å². The smallest absolute Gasteiger partial charge is 0.225 e. The fourth-order valence-electron chi connectivity index (χ4n) is 5.29. The quantitative estimate of drug-likeness (QED) is 0.452. The van der Waals surface area contributed by atoms with Gasteiger partial charge in [0.05, 0.1) is 18.7 Å². The average molecular weight is 491 g/mol. The number of carbonyl (C=O) groups excluding carboxylic acids is 1. The number of aliphatic hydroxyl groups is 1. The molecule has 1 aliphatic rings. The number of anilines is 1. The predicted molar refractivity (Wildman–Crippen MR) is 143 cm³/mol. The number of aliphatic hydroxyl groups excluding tert-OH is 1. The highest BCUT2D eigenvalue weighted by Crippen LogP contribution is 2.42. The van der Waals surface area contributed by atoms with Crippen LogP contribution in [0.1, 0.15) is 80.1 Å². The van der Waals surface area contributed by atoms with Crippen LogP contribution in [0.2, 0.25) is 0 Å². The van der Waals surface area contributed by atoms with Gasteiger partial charge in [-0.3, -0.25) is 4.79 Å². The topological polar surface area (TPSA) is 87.6 Å². The Balaban J connectivity index is 1.66. The van der Waals surface area contributed by atoms with Gasteiger partial charge in [0.15, 0.2) is 0 Å². The summed E-state index contributed by atoms with van der Waals surface area (Å²) >= 11 is 0. The van der Waals surface area contributed by atoms with Crippen molar-refractivity contribution in [1.29, 1.82) is 0 Å². The molecule has 2 aromatic carbocycles. The maximum absolute atomic E-state index is 12.5. The number of fused-ring (bicyclic) bond motifs is 1. The van der Waals surface area contributed by atoms with Crippen LogP contribution in [-0.4, -0.2) is 47.1 Å². The molecular formula is C29H38N4O3. The lowest BCUT2D eigenvalue weighted by Crippen LogP contribution is -2.32. The Labute approximate surface area is 213 Å². The van der Waals surface area contributed by atoms with Gasteiger partial charge in [0, 0.05) is 37.5 Å². The number of ether oxygens (including phenoxy) is 1. The summed E-state index contributed by atoms with van der Waals surface area (Å²) in [5.41, 5.74) is 3.96. The summed E-state index contributed by atoms with van der Waals surface area (Å²) in [6, 6.07) is 12.2. The molecule has 0 bridgehead atoms. The minimum Gasteiger partial charge on any atom is -0.496 e. The zero-order valence-corrected chi connectivity index (χ0v) is 22.2. The molecule has 1 unspecified atom stereocenters. The lowest BCUT2D eigenvalue weighted by molar-refractivity contribution is -0.134. The molecule has 0 aliphatic heterocycles. The number of nitrogens with one attached hydrogen (secondary N) is 1. The number of benzene rings is 2. The van der Waals surface area contributed by atoms with Gasteiger partial charge in [0.2, 0.25) is 5.91 Å². The van der Waals surface area contributed by atoms with E-state index in [4.69, 9.17) is 9.72 Å². The molecule has 7 nitrogen and oxygen atoms in total. The van der Waals surface area contributed by atoms with Gasteiger partial charge in [-0.15, -0.1) is 0 Å². The van der Waals surface area contributed by atoms with Crippen molar-refractivity contribution in [3.05, 3.63) is 58.9 Å². The van der Waals surface area contributed by atoms with Gasteiger partial charge in [-0.05, 0) is 75.1 Å². The molecule has 1 aromatic heterocycles. The van der Waals surface area contributed by atoms with E-state index in [1.807, 2.05) is 45.3 Å². The van der Waals surface area contributed by atoms with Crippen LogP contribution in [0.3, 0.4) is 0 Å². The summed E-state index contributed by atoms with van der Waals surface area (Å²) in [4.78, 5) is 23.6. The lowest BCUT2D eigenvalue weighted by Gasteiger charge is -2.30. The molecule has 1 saturated carbocycles. The van der Waals surface area contributed by atoms with E-state index in [0.29, 0.717) is 11.7 Å². The van der Waals surface area contributed by atoms with Gasteiger partial charge < -0.3 is 20.1 Å². The molecule has 4 rings (SSSR count). The maximum atomic E-state index is 12.5. The van der Waals surface area contributed by atoms with Crippen molar-refractivity contribution in [2.75, 3.05) is 26.5 Å². The van der Waals surface area contributed by atoms with Gasteiger partial charge in [0.1, 0.15) is 17.4 Å². The zero-order valence-electron chi connectivity index (χ0n) is 22.2. The molecule has 2 atom stereocenters. The van der Waals surface area contributed by atoms with E-state index >= 15 is 0 Å². The SMILES string of the molecule is COc1cc2nc(C)nc(N[C@H](C)c3cccc(C(C)O)c3)c2cc1[C@H]1CC[C@H](C(=O)N(C)C)CC1. The Morgan fingerprint density at radius 2 is 1.78 bits per heavy atom. The van der Waals surface area contributed by atoms with E-state index in [2.05, 4.69) is 29.4 Å². The van der Waals surface area contributed by atoms with Crippen molar-refractivity contribution >= 4 is 22.6 Å². The number of rotatable bonds is 7. The van der Waals surface area contributed by atoms with Gasteiger partial charge in [-0.1, -0.05) is 24.3 Å². The van der Waals surface area contributed by atoms with Crippen LogP contribution in [-0.2, 0) is 4.79 Å². The van der Waals surface area contributed by atoms with Crippen molar-refractivity contribution in [2.45, 2.75) is 64.5 Å². The second-order valence-corrected chi connectivity index (χ2v) is 10.2. The number of nitrogens with zero attached hydrogens (tertiary/aromatic N) is 3. The van der Waals surface area contributed by atoms with Crippen molar-refractivity contribution in [2.24, 2.45) is 5.92 Å². The Bertz CT molecular complexity index is 1230. The second kappa shape index (κ2) is 10.8. The lowest BCUT2D eigenvalue weighted by atomic mass is 9.77. The summed E-state index contributed by atoms with van der Waals surface area (Å²) in [5.74, 6) is 2.96. The van der Waals surface area contributed by atoms with Gasteiger partial charge in [0.25, 0.3) is 0 Å². The molecular weight excluding hydrogens is 452 g/mol. The number of aromatic nitrogens is 2. The number of methoxy groups -OCH3 is 1. The molecule has 3 aromatic rings. The predicted octanol–water partition coefficient (Wildman–Crippen LogP) is 5.54. The molecule has 0 radical (unpaired) electrons. The molecule has 1 amide bonds. The Morgan fingerprint density at radius 3 is 2.42 bits per heavy atom. The highest BCUT2D eigenvalue weighted by Gasteiger charge is 2.30. The van der Waals surface area contributed by atoms with Gasteiger partial charge in [-0.25, -0.2) is 9.97 Å². The minimum absolute atomic E-state index is 0.0146. The highest BCUT2D eigenvalue weighted by atomic mass is 16.5. The number of aryl methyl sites for hydroxylation is 1. The molecule has 36 heavy (non-hydrogen) atoms. The summed E-state index contributed by atoms with van der Waals surface area (Å²) in [6.07, 6.45) is 3.15. The van der Waals surface area contributed by atoms with E-state index in [1.165, 1.54) is 0 Å². The standard InChI is InChI=1S/C29H38N4O3/c1-17(22-8-7-9-23(14-22)18(2)34)30-28-25-15-24(27(36-6)16-26(25)31-19(3)32-28)20-10-12-21(13-11-20)29(35)33(4)5/h7-9,14-18,20-21,34H,10-13H2,1-6H3,(H,30,31,32)/t17-,18?,20-,21-/m1/s1. The van der Waals surface area contributed by atoms with E-state index in [1.54, 1.807) is 18.9 Å². The average Bonchev–Trinajstić information content (AvgIpc) is 2.87. The summed E-state index contributed by atoms with van der Waals surface area (Å²) in [5, 5.41) is 14.5. The van der Waals surface area contributed by atoms with Crippen LogP contribution < -0.4 is 10.1 Å². The van der Waals surface area contributed by atoms with Crippen molar-refractivity contribution in [3.8, 4) is 5.75 Å². The number of carbonyl (C=O) groups is 1. The van der Waals surface area contributed by atoms with Crippen LogP contribution in [0.15, 0.2) is 36.4 Å². The molecule has 1 fully saturated rings. The third-order valence-electron chi connectivity index (χ3n) is 7.36. The van der Waals surface area contributed by atoms with E-state index in [9.17, 15) is 9.90 Å². The number of hydrogen-bond acceptors (Lipinski definition) is 6. The first-order chi connectivity index (χ1) is 17.2. The van der Waals surface area contributed by atoms with Crippen LogP contribution >= 0.6 is 0 Å². The van der Waals surface area contributed by atoms with E-state index in [-0.39, 0.29) is 17.9 Å². The van der Waals surface area contributed by atoms with Crippen LogP contribution in [0, 0.1) is 12.8 Å². The minimum atomic E-state index is -0.516. The van der Waals surface area contributed by atoms with Crippen LogP contribution in [0.25, 0.3) is 10.9 Å². The first kappa shape index (κ1) is 25.9. The Hall–Kier alpha value is -3.19. The van der Waals surface area contributed by atoms with E-state index < -0.39 is 6.10 Å². The second-order valence-electron chi connectivity index (χ2n) is 10.2. The molecule has 1 aliphatic carbocycles. The molecule has 2 N–H and O–H groups in total. The monoisotopic (exact) mass is 490 g/mol. The number of hydrogen-bond donors (Lipinski definition) is 2.